The van der Waals surface area contributed by atoms with Gasteiger partial charge in [0, 0.05) is 12.8 Å². The van der Waals surface area contributed by atoms with Gasteiger partial charge in [-0.15, -0.1) is 0 Å². The Kier molecular flexibility index (Phi) is 11.9. The van der Waals surface area contributed by atoms with Crippen LogP contribution in [-0.4, -0.2) is 59.2 Å². The lowest BCUT2D eigenvalue weighted by atomic mass is 9.84. The highest BCUT2D eigenvalue weighted by Gasteiger charge is 2.97. The molecule has 0 aliphatic heterocycles. The van der Waals surface area contributed by atoms with Crippen molar-refractivity contribution in [2.45, 2.75) is 124 Å². The van der Waals surface area contributed by atoms with E-state index in [9.17, 15) is 87.8 Å². The third-order valence-corrected chi connectivity index (χ3v) is 6.13. The first kappa shape index (κ1) is 40.3. The van der Waals surface area contributed by atoms with Gasteiger partial charge in [-0.2, -0.15) is 87.8 Å². The Morgan fingerprint density at radius 2 is 0.667 bits per heavy atom. The fourth-order valence-corrected chi connectivity index (χ4v) is 3.34. The van der Waals surface area contributed by atoms with Crippen molar-refractivity contribution in [2.75, 3.05) is 0 Å². The molecule has 0 rings (SSSR count). The van der Waals surface area contributed by atoms with Crippen molar-refractivity contribution >= 4 is 0 Å². The van der Waals surface area contributed by atoms with Gasteiger partial charge in [0.2, 0.25) is 0 Å². The van der Waals surface area contributed by atoms with Crippen LogP contribution in [-0.2, 0) is 0 Å². The lowest BCUT2D eigenvalue weighted by Crippen LogP contribution is -2.77. The Balaban J connectivity index is 6.76. The predicted octanol–water partition coefficient (Wildman–Crippen LogP) is 11.1. The molecule has 0 saturated carbocycles. The largest absolute Gasteiger partial charge is 0.385 e. The van der Waals surface area contributed by atoms with Crippen molar-refractivity contribution < 1.29 is 87.8 Å². The first-order chi connectivity index (χ1) is 18.4. The molecule has 0 aromatic carbocycles. The van der Waals surface area contributed by atoms with E-state index in [1.54, 1.807) is 6.92 Å². The highest BCUT2D eigenvalue weighted by Crippen LogP contribution is 2.66. The SMILES string of the molecule is CC=CCCC(F)(F)C(F)(F)C(F)(F)C(F)(F)C(F)(F)C(F)(F)C(F)(F)C(F)(F)C(F)(F)C(F)(F)CCCCCCC. The maximum absolute atomic E-state index is 13.9. The van der Waals surface area contributed by atoms with Gasteiger partial charge in [-0.3, -0.25) is 0 Å². The molecule has 0 aromatic heterocycles. The lowest BCUT2D eigenvalue weighted by Gasteiger charge is -2.45. The molecule has 0 unspecified atom stereocenters. The molecular formula is C22H24F20. The van der Waals surface area contributed by atoms with Gasteiger partial charge in [0.15, 0.2) is 0 Å². The van der Waals surface area contributed by atoms with E-state index in [-0.39, 0.29) is 12.8 Å². The van der Waals surface area contributed by atoms with E-state index in [1.165, 1.54) is 0 Å². The first-order valence-corrected chi connectivity index (χ1v) is 11.8. The summed E-state index contributed by atoms with van der Waals surface area (Å²) in [6.07, 6.45) is -6.04. The van der Waals surface area contributed by atoms with Gasteiger partial charge in [0.1, 0.15) is 0 Å². The van der Waals surface area contributed by atoms with Crippen LogP contribution in [0.3, 0.4) is 0 Å². The first-order valence-electron chi connectivity index (χ1n) is 11.8. The molecule has 0 fully saturated rings. The minimum Gasteiger partial charge on any atom is -0.200 e. The molecule has 0 spiro atoms. The maximum Gasteiger partial charge on any atom is 0.385 e. The zero-order chi connectivity index (χ0) is 34.1. The average molecular weight is 668 g/mol. The molecule has 0 N–H and O–H groups in total. The Hall–Kier alpha value is -1.66. The summed E-state index contributed by atoms with van der Waals surface area (Å²) in [7, 11) is 0. The molecule has 0 aliphatic rings. The van der Waals surface area contributed by atoms with Crippen LogP contribution in [0.5, 0.6) is 0 Å². The summed E-state index contributed by atoms with van der Waals surface area (Å²) in [5.41, 5.74) is 0. The van der Waals surface area contributed by atoms with E-state index in [4.69, 9.17) is 0 Å². The standard InChI is InChI=1S/C22H24F20/c1-3-5-7-8-10-12-14(25,26)16(29,30)18(33,34)20(37,38)22(41,42)21(39,40)19(35,36)17(31,32)15(27,28)13(23,24)11-9-6-4-2/h4,6H,3,5,7-12H2,1-2H3. The van der Waals surface area contributed by atoms with Crippen LogP contribution in [0.4, 0.5) is 87.8 Å². The van der Waals surface area contributed by atoms with E-state index in [1.807, 2.05) is 0 Å². The Morgan fingerprint density at radius 3 is 0.976 bits per heavy atom. The molecule has 0 bridgehead atoms. The molecule has 0 radical (unpaired) electrons. The molecule has 252 valence electrons. The molecule has 0 atom stereocenters. The van der Waals surface area contributed by atoms with Crippen LogP contribution in [0.1, 0.15) is 65.2 Å². The quantitative estimate of drug-likeness (QED) is 0.0775. The second-order valence-electron chi connectivity index (χ2n) is 9.28. The highest BCUT2D eigenvalue weighted by molar-refractivity contribution is 5.18. The van der Waals surface area contributed by atoms with Crippen molar-refractivity contribution in [2.24, 2.45) is 0 Å². The second-order valence-corrected chi connectivity index (χ2v) is 9.28. The molecule has 0 aromatic rings. The van der Waals surface area contributed by atoms with E-state index in [2.05, 4.69) is 0 Å². The minimum atomic E-state index is -8.98. The summed E-state index contributed by atoms with van der Waals surface area (Å²) in [4.78, 5) is 0. The van der Waals surface area contributed by atoms with Crippen molar-refractivity contribution in [3.05, 3.63) is 12.2 Å². The molecule has 0 saturated heterocycles. The molecule has 20 heteroatoms. The van der Waals surface area contributed by atoms with Crippen molar-refractivity contribution in [1.29, 1.82) is 0 Å². The smallest absolute Gasteiger partial charge is 0.200 e. The summed E-state index contributed by atoms with van der Waals surface area (Å²) < 4.78 is 277. The fraction of sp³-hybridized carbons (Fsp3) is 0.909. The number of allylic oxidation sites excluding steroid dienone is 2. The van der Waals surface area contributed by atoms with Gasteiger partial charge in [-0.1, -0.05) is 44.8 Å². The van der Waals surface area contributed by atoms with Gasteiger partial charge < -0.3 is 0 Å². The fourth-order valence-electron chi connectivity index (χ4n) is 3.34. The molecule has 0 aliphatic carbocycles. The summed E-state index contributed by atoms with van der Waals surface area (Å²) in [6.45, 7) is 2.59. The molecule has 42 heavy (non-hydrogen) atoms. The van der Waals surface area contributed by atoms with Crippen LogP contribution in [0.25, 0.3) is 0 Å². The van der Waals surface area contributed by atoms with Crippen molar-refractivity contribution in [3.63, 3.8) is 0 Å². The minimum absolute atomic E-state index is 0.0166. The van der Waals surface area contributed by atoms with E-state index < -0.39 is 91.3 Å². The topological polar surface area (TPSA) is 0 Å². The number of hydrogen-bond donors (Lipinski definition) is 0. The second kappa shape index (κ2) is 12.4. The van der Waals surface area contributed by atoms with Crippen LogP contribution in [0.2, 0.25) is 0 Å². The third kappa shape index (κ3) is 6.14. The van der Waals surface area contributed by atoms with E-state index in [0.29, 0.717) is 12.5 Å². The van der Waals surface area contributed by atoms with Crippen LogP contribution >= 0.6 is 0 Å². The maximum atomic E-state index is 13.9. The number of halogens is 20. The Morgan fingerprint density at radius 1 is 0.381 bits per heavy atom. The van der Waals surface area contributed by atoms with Gasteiger partial charge >= 0.3 is 59.2 Å². The summed E-state index contributed by atoms with van der Waals surface area (Å²) in [5, 5.41) is 0. The van der Waals surface area contributed by atoms with E-state index in [0.717, 1.165) is 13.0 Å². The summed E-state index contributed by atoms with van der Waals surface area (Å²) in [5.74, 6) is -81.0. The van der Waals surface area contributed by atoms with Crippen LogP contribution < -0.4 is 0 Å². The van der Waals surface area contributed by atoms with Crippen molar-refractivity contribution in [3.8, 4) is 0 Å². The van der Waals surface area contributed by atoms with Gasteiger partial charge in [-0.25, -0.2) is 0 Å². The normalized spacial score (nSPS) is 16.0. The molecule has 0 amide bonds. The molecule has 0 nitrogen and oxygen atoms in total. The highest BCUT2D eigenvalue weighted by atomic mass is 19.4. The predicted molar refractivity (Wildman–Crippen MR) is 107 cm³/mol. The monoisotopic (exact) mass is 668 g/mol. The van der Waals surface area contributed by atoms with Gasteiger partial charge in [-0.05, 0) is 19.8 Å². The van der Waals surface area contributed by atoms with Gasteiger partial charge in [0.25, 0.3) is 0 Å². The Labute approximate surface area is 225 Å². The van der Waals surface area contributed by atoms with E-state index >= 15 is 0 Å². The number of unbranched alkanes of at least 4 members (excludes halogenated alkanes) is 4. The summed E-state index contributed by atoms with van der Waals surface area (Å²) >= 11 is 0. The lowest BCUT2D eigenvalue weighted by molar-refractivity contribution is -0.469. The summed E-state index contributed by atoms with van der Waals surface area (Å²) in [6, 6.07) is 0. The average Bonchev–Trinajstić information content (AvgIpc) is 2.82. The van der Waals surface area contributed by atoms with Crippen molar-refractivity contribution in [1.82, 2.24) is 0 Å². The van der Waals surface area contributed by atoms with Gasteiger partial charge in [0.05, 0.1) is 0 Å². The number of alkyl halides is 20. The van der Waals surface area contributed by atoms with Crippen LogP contribution in [0.15, 0.2) is 12.2 Å². The molecule has 0 heterocycles. The zero-order valence-electron chi connectivity index (χ0n) is 21.4. The molecular weight excluding hydrogens is 644 g/mol. The third-order valence-electron chi connectivity index (χ3n) is 6.13. The zero-order valence-corrected chi connectivity index (χ0v) is 21.4. The number of hydrogen-bond acceptors (Lipinski definition) is 0. The van der Waals surface area contributed by atoms with Crippen LogP contribution in [0, 0.1) is 0 Å². The number of rotatable bonds is 18. The Bertz CT molecular complexity index is 902.